The lowest BCUT2D eigenvalue weighted by Gasteiger charge is -2.36. The number of unbranched alkanes of at least 4 members (excludes halogenated alkanes) is 1. The minimum Gasteiger partial charge on any atom is -0.369 e. The first-order chi connectivity index (χ1) is 14.0. The Morgan fingerprint density at radius 1 is 0.966 bits per heavy atom. The van der Waals surface area contributed by atoms with Crippen molar-refractivity contribution in [3.05, 3.63) is 65.2 Å². The highest BCUT2D eigenvalue weighted by Crippen LogP contribution is 2.17. The van der Waals surface area contributed by atoms with Gasteiger partial charge in [0, 0.05) is 49.5 Å². The molecular weight excluding hydrogens is 364 g/mol. The molecule has 3 rings (SSSR count). The minimum absolute atomic E-state index is 0.118. The molecule has 6 nitrogen and oxygen atoms in total. The molecule has 0 unspecified atom stereocenters. The van der Waals surface area contributed by atoms with E-state index in [2.05, 4.69) is 46.3 Å². The molecule has 2 aromatic carbocycles. The van der Waals surface area contributed by atoms with E-state index in [0.29, 0.717) is 17.7 Å². The van der Waals surface area contributed by atoms with Crippen LogP contribution in [0.3, 0.4) is 0 Å². The number of nitrogens with zero attached hydrogens (tertiary/aromatic N) is 2. The quantitative estimate of drug-likeness (QED) is 0.674. The zero-order chi connectivity index (χ0) is 20.6. The number of carbonyl (C=O) groups is 2. The summed E-state index contributed by atoms with van der Waals surface area (Å²) in [6.07, 6.45) is 2.01. The number of nitrogens with one attached hydrogen (secondary N) is 1. The number of carbonyl (C=O) groups excluding carboxylic acids is 2. The molecule has 0 radical (unpaired) electrons. The lowest BCUT2D eigenvalue weighted by Crippen LogP contribution is -2.46. The molecule has 0 aromatic heterocycles. The molecule has 0 aliphatic carbocycles. The normalized spacial score (nSPS) is 14.6. The number of rotatable bonds is 8. The van der Waals surface area contributed by atoms with Crippen molar-refractivity contribution in [1.82, 2.24) is 10.2 Å². The first kappa shape index (κ1) is 20.9. The van der Waals surface area contributed by atoms with Crippen LogP contribution in [0.15, 0.2) is 48.5 Å². The van der Waals surface area contributed by atoms with Gasteiger partial charge in [0.2, 0.25) is 5.91 Å². The van der Waals surface area contributed by atoms with Gasteiger partial charge in [-0.15, -0.1) is 0 Å². The topological polar surface area (TPSA) is 78.7 Å². The summed E-state index contributed by atoms with van der Waals surface area (Å²) < 4.78 is 0. The maximum Gasteiger partial charge on any atom is 0.251 e. The number of nitrogens with two attached hydrogens (primary N) is 1. The summed E-state index contributed by atoms with van der Waals surface area (Å²) >= 11 is 0. The fraction of sp³-hybridized carbons (Fsp3) is 0.391. The van der Waals surface area contributed by atoms with Gasteiger partial charge in [-0.2, -0.15) is 0 Å². The van der Waals surface area contributed by atoms with Crippen LogP contribution in [0.4, 0.5) is 5.69 Å². The van der Waals surface area contributed by atoms with Crippen LogP contribution in [0.25, 0.3) is 0 Å². The molecule has 6 heteroatoms. The van der Waals surface area contributed by atoms with E-state index in [0.717, 1.165) is 45.6 Å². The van der Waals surface area contributed by atoms with Crippen LogP contribution in [-0.4, -0.2) is 56.0 Å². The third-order valence-electron chi connectivity index (χ3n) is 5.36. The number of aryl methyl sites for hydroxylation is 1. The van der Waals surface area contributed by atoms with Crippen molar-refractivity contribution in [1.29, 1.82) is 0 Å². The van der Waals surface area contributed by atoms with Gasteiger partial charge < -0.3 is 16.0 Å². The van der Waals surface area contributed by atoms with E-state index < -0.39 is 5.91 Å². The van der Waals surface area contributed by atoms with E-state index in [4.69, 9.17) is 5.73 Å². The van der Waals surface area contributed by atoms with Crippen molar-refractivity contribution in [3.63, 3.8) is 0 Å². The highest BCUT2D eigenvalue weighted by atomic mass is 16.2. The van der Waals surface area contributed by atoms with Gasteiger partial charge in [0.05, 0.1) is 0 Å². The van der Waals surface area contributed by atoms with E-state index in [1.165, 1.54) is 11.3 Å². The van der Waals surface area contributed by atoms with Crippen LogP contribution in [0, 0.1) is 6.92 Å². The lowest BCUT2D eigenvalue weighted by molar-refractivity contribution is 0.0949. The third-order valence-corrected chi connectivity index (χ3v) is 5.36. The van der Waals surface area contributed by atoms with Crippen molar-refractivity contribution in [2.24, 2.45) is 5.73 Å². The average molecular weight is 395 g/mol. The molecule has 0 atom stereocenters. The zero-order valence-electron chi connectivity index (χ0n) is 17.1. The van der Waals surface area contributed by atoms with Crippen LogP contribution in [-0.2, 0) is 0 Å². The first-order valence-electron chi connectivity index (χ1n) is 10.2. The van der Waals surface area contributed by atoms with Crippen molar-refractivity contribution >= 4 is 17.5 Å². The van der Waals surface area contributed by atoms with E-state index in [-0.39, 0.29) is 5.91 Å². The molecule has 1 aliphatic heterocycles. The SMILES string of the molecule is Cc1cccc(N2CCN(CCCCNC(=O)c3ccc(C(N)=O)cc3)CC2)c1. The van der Waals surface area contributed by atoms with Gasteiger partial charge in [0.1, 0.15) is 0 Å². The molecule has 3 N–H and O–H groups in total. The number of piperazine rings is 1. The first-order valence-corrected chi connectivity index (χ1v) is 10.2. The molecule has 29 heavy (non-hydrogen) atoms. The van der Waals surface area contributed by atoms with E-state index >= 15 is 0 Å². The highest BCUT2D eigenvalue weighted by molar-refractivity contribution is 5.97. The Morgan fingerprint density at radius 2 is 1.66 bits per heavy atom. The monoisotopic (exact) mass is 394 g/mol. The Kier molecular flexibility index (Phi) is 7.25. The molecule has 0 bridgehead atoms. The Hall–Kier alpha value is -2.86. The molecule has 0 spiro atoms. The maximum absolute atomic E-state index is 12.1. The summed E-state index contributed by atoms with van der Waals surface area (Å²) in [6, 6.07) is 15.1. The van der Waals surface area contributed by atoms with Crippen LogP contribution in [0.1, 0.15) is 39.1 Å². The van der Waals surface area contributed by atoms with E-state index in [1.54, 1.807) is 24.3 Å². The van der Waals surface area contributed by atoms with Crippen molar-refractivity contribution in [3.8, 4) is 0 Å². The number of hydrogen-bond donors (Lipinski definition) is 2. The molecule has 2 aromatic rings. The Morgan fingerprint density at radius 3 is 2.31 bits per heavy atom. The van der Waals surface area contributed by atoms with Gasteiger partial charge in [-0.1, -0.05) is 12.1 Å². The fourth-order valence-corrected chi connectivity index (χ4v) is 3.60. The van der Waals surface area contributed by atoms with Crippen LogP contribution >= 0.6 is 0 Å². The third kappa shape index (κ3) is 6.06. The molecule has 1 aliphatic rings. The second-order valence-corrected chi connectivity index (χ2v) is 7.57. The van der Waals surface area contributed by atoms with Gasteiger partial charge in [0.15, 0.2) is 0 Å². The van der Waals surface area contributed by atoms with Gasteiger partial charge in [0.25, 0.3) is 5.91 Å². The molecule has 1 fully saturated rings. The predicted octanol–water partition coefficient (Wildman–Crippen LogP) is 2.43. The van der Waals surface area contributed by atoms with Crippen LogP contribution in [0.5, 0.6) is 0 Å². The molecule has 1 saturated heterocycles. The Labute approximate surface area is 172 Å². The number of hydrogen-bond acceptors (Lipinski definition) is 4. The minimum atomic E-state index is -0.489. The van der Waals surface area contributed by atoms with E-state index in [1.807, 2.05) is 0 Å². The second-order valence-electron chi connectivity index (χ2n) is 7.57. The van der Waals surface area contributed by atoms with Crippen LogP contribution < -0.4 is 16.0 Å². The summed E-state index contributed by atoms with van der Waals surface area (Å²) in [7, 11) is 0. The summed E-state index contributed by atoms with van der Waals surface area (Å²) in [4.78, 5) is 28.2. The standard InChI is InChI=1S/C23H30N4O2/c1-18-5-4-6-21(17-18)27-15-13-26(14-16-27)12-3-2-11-25-23(29)20-9-7-19(8-10-20)22(24)28/h4-10,17H,2-3,11-16H2,1H3,(H2,24,28)(H,25,29). The van der Waals surface area contributed by atoms with Gasteiger partial charge in [-0.3, -0.25) is 14.5 Å². The van der Waals surface area contributed by atoms with Crippen LogP contribution in [0.2, 0.25) is 0 Å². The molecule has 0 saturated carbocycles. The highest BCUT2D eigenvalue weighted by Gasteiger charge is 2.16. The summed E-state index contributed by atoms with van der Waals surface area (Å²) in [5.74, 6) is -0.607. The number of benzene rings is 2. The average Bonchev–Trinajstić information content (AvgIpc) is 2.74. The summed E-state index contributed by atoms with van der Waals surface area (Å²) in [5.41, 5.74) is 8.78. The smallest absolute Gasteiger partial charge is 0.251 e. The summed E-state index contributed by atoms with van der Waals surface area (Å²) in [6.45, 7) is 8.11. The largest absolute Gasteiger partial charge is 0.369 e. The van der Waals surface area contributed by atoms with Gasteiger partial charge in [-0.05, 0) is 68.3 Å². The molecular formula is C23H30N4O2. The number of primary amides is 1. The second kappa shape index (κ2) is 10.1. The Bertz CT molecular complexity index is 827. The van der Waals surface area contributed by atoms with Crippen molar-refractivity contribution in [2.75, 3.05) is 44.2 Å². The number of anilines is 1. The molecule has 154 valence electrons. The van der Waals surface area contributed by atoms with Gasteiger partial charge >= 0.3 is 0 Å². The fourth-order valence-electron chi connectivity index (χ4n) is 3.60. The van der Waals surface area contributed by atoms with E-state index in [9.17, 15) is 9.59 Å². The predicted molar refractivity (Wildman–Crippen MR) is 116 cm³/mol. The maximum atomic E-state index is 12.1. The number of amides is 2. The molecule has 1 heterocycles. The molecule has 2 amide bonds. The van der Waals surface area contributed by atoms with Gasteiger partial charge in [-0.25, -0.2) is 0 Å². The van der Waals surface area contributed by atoms with Crippen molar-refractivity contribution < 1.29 is 9.59 Å². The lowest BCUT2D eigenvalue weighted by atomic mass is 10.1. The Balaban J connectivity index is 1.31. The zero-order valence-corrected chi connectivity index (χ0v) is 17.1. The van der Waals surface area contributed by atoms with Crippen molar-refractivity contribution in [2.45, 2.75) is 19.8 Å². The summed E-state index contributed by atoms with van der Waals surface area (Å²) in [5, 5.41) is 2.94.